The zero-order valence-corrected chi connectivity index (χ0v) is 16.0. The Morgan fingerprint density at radius 2 is 1.68 bits per heavy atom. The van der Waals surface area contributed by atoms with Gasteiger partial charge in [-0.1, -0.05) is 35.9 Å². The van der Waals surface area contributed by atoms with E-state index in [1.165, 1.54) is 4.90 Å². The van der Waals surface area contributed by atoms with Gasteiger partial charge < -0.3 is 9.80 Å². The number of imide groups is 1. The quantitative estimate of drug-likeness (QED) is 0.745. The first-order chi connectivity index (χ1) is 13.5. The monoisotopic (exact) mass is 397 g/mol. The number of halogens is 1. The Bertz CT molecular complexity index is 910. The van der Waals surface area contributed by atoms with Crippen molar-refractivity contribution in [2.45, 2.75) is 18.9 Å². The van der Waals surface area contributed by atoms with E-state index in [9.17, 15) is 14.4 Å². The van der Waals surface area contributed by atoms with Crippen LogP contribution in [-0.2, 0) is 4.79 Å². The van der Waals surface area contributed by atoms with Crippen molar-refractivity contribution in [2.24, 2.45) is 0 Å². The molecule has 2 fully saturated rings. The van der Waals surface area contributed by atoms with Gasteiger partial charge in [-0.15, -0.1) is 0 Å². The topological polar surface area (TPSA) is 60.9 Å². The molecule has 0 spiro atoms. The molecule has 0 N–H and O–H groups in total. The van der Waals surface area contributed by atoms with Gasteiger partial charge in [0, 0.05) is 29.7 Å². The third-order valence-electron chi connectivity index (χ3n) is 5.27. The van der Waals surface area contributed by atoms with Crippen LogP contribution in [0.15, 0.2) is 54.6 Å². The van der Waals surface area contributed by atoms with Gasteiger partial charge in [-0.2, -0.15) is 0 Å². The van der Waals surface area contributed by atoms with Crippen molar-refractivity contribution < 1.29 is 14.4 Å². The standard InChI is InChI=1S/C21H20ClN3O3/c22-16-6-4-5-15(13-16)20(27)23-11-9-17(10-12-23)24-14-19(26)25(21(24)28)18-7-2-1-3-8-18/h1-8,13,17H,9-12,14H2. The van der Waals surface area contributed by atoms with Gasteiger partial charge >= 0.3 is 6.03 Å². The molecule has 2 aromatic carbocycles. The van der Waals surface area contributed by atoms with Crippen LogP contribution in [0.1, 0.15) is 23.2 Å². The predicted octanol–water partition coefficient (Wildman–Crippen LogP) is 3.41. The number of anilines is 1. The summed E-state index contributed by atoms with van der Waals surface area (Å²) in [6.07, 6.45) is 1.29. The molecule has 28 heavy (non-hydrogen) atoms. The zero-order valence-electron chi connectivity index (χ0n) is 15.3. The summed E-state index contributed by atoms with van der Waals surface area (Å²) in [7, 11) is 0. The number of amides is 4. The molecule has 7 heteroatoms. The van der Waals surface area contributed by atoms with Crippen LogP contribution in [0.4, 0.5) is 10.5 Å². The lowest BCUT2D eigenvalue weighted by Gasteiger charge is -2.36. The number of para-hydroxylation sites is 1. The van der Waals surface area contributed by atoms with Gasteiger partial charge in [0.15, 0.2) is 0 Å². The number of nitrogens with zero attached hydrogens (tertiary/aromatic N) is 3. The minimum Gasteiger partial charge on any atom is -0.338 e. The normalized spacial score (nSPS) is 18.1. The summed E-state index contributed by atoms with van der Waals surface area (Å²) in [5.74, 6) is -0.274. The molecule has 0 atom stereocenters. The van der Waals surface area contributed by atoms with Gasteiger partial charge in [0.2, 0.25) is 0 Å². The Labute approximate surface area is 168 Å². The fourth-order valence-electron chi connectivity index (χ4n) is 3.82. The zero-order chi connectivity index (χ0) is 19.7. The molecule has 2 aliphatic heterocycles. The van der Waals surface area contributed by atoms with Crippen molar-refractivity contribution >= 4 is 35.1 Å². The Balaban J connectivity index is 1.41. The first-order valence-electron chi connectivity index (χ1n) is 9.28. The predicted molar refractivity (Wildman–Crippen MR) is 106 cm³/mol. The number of rotatable bonds is 3. The van der Waals surface area contributed by atoms with Gasteiger partial charge in [-0.3, -0.25) is 9.59 Å². The second-order valence-corrected chi connectivity index (χ2v) is 7.45. The average molecular weight is 398 g/mol. The Morgan fingerprint density at radius 3 is 2.36 bits per heavy atom. The minimum absolute atomic E-state index is 0.0476. The summed E-state index contributed by atoms with van der Waals surface area (Å²) in [6, 6.07) is 15.5. The number of piperidine rings is 1. The lowest BCUT2D eigenvalue weighted by Crippen LogP contribution is -2.48. The minimum atomic E-state index is -0.282. The van der Waals surface area contributed by atoms with E-state index in [1.807, 2.05) is 6.07 Å². The van der Waals surface area contributed by atoms with E-state index in [0.29, 0.717) is 42.2 Å². The van der Waals surface area contributed by atoms with E-state index in [0.717, 1.165) is 0 Å². The molecule has 2 heterocycles. The lowest BCUT2D eigenvalue weighted by molar-refractivity contribution is -0.116. The Hall–Kier alpha value is -2.86. The molecule has 0 radical (unpaired) electrons. The molecule has 4 rings (SSSR count). The van der Waals surface area contributed by atoms with Crippen molar-refractivity contribution in [3.63, 3.8) is 0 Å². The smallest absolute Gasteiger partial charge is 0.332 e. The number of benzene rings is 2. The average Bonchev–Trinajstić information content (AvgIpc) is 3.02. The highest BCUT2D eigenvalue weighted by Crippen LogP contribution is 2.27. The summed E-state index contributed by atoms with van der Waals surface area (Å²) in [4.78, 5) is 42.5. The SMILES string of the molecule is O=C(c1cccc(Cl)c1)N1CCC(N2CC(=O)N(c3ccccc3)C2=O)CC1. The highest BCUT2D eigenvalue weighted by atomic mass is 35.5. The maximum absolute atomic E-state index is 12.8. The van der Waals surface area contributed by atoms with E-state index >= 15 is 0 Å². The van der Waals surface area contributed by atoms with Gasteiger partial charge in [0.1, 0.15) is 6.54 Å². The fourth-order valence-corrected chi connectivity index (χ4v) is 4.01. The van der Waals surface area contributed by atoms with Crippen LogP contribution in [0.5, 0.6) is 0 Å². The van der Waals surface area contributed by atoms with Gasteiger partial charge in [0.05, 0.1) is 5.69 Å². The molecule has 0 aliphatic carbocycles. The second-order valence-electron chi connectivity index (χ2n) is 7.01. The van der Waals surface area contributed by atoms with Crippen molar-refractivity contribution in [1.29, 1.82) is 0 Å². The molecule has 0 saturated carbocycles. The lowest BCUT2D eigenvalue weighted by atomic mass is 10.0. The van der Waals surface area contributed by atoms with Crippen molar-refractivity contribution in [3.8, 4) is 0 Å². The van der Waals surface area contributed by atoms with E-state index in [4.69, 9.17) is 11.6 Å². The molecule has 0 unspecified atom stereocenters. The van der Waals surface area contributed by atoms with E-state index in [-0.39, 0.29) is 30.4 Å². The number of likely N-dealkylation sites (tertiary alicyclic amines) is 1. The van der Waals surface area contributed by atoms with Crippen LogP contribution in [0.3, 0.4) is 0 Å². The third-order valence-corrected chi connectivity index (χ3v) is 5.51. The summed E-state index contributed by atoms with van der Waals surface area (Å²) in [6.45, 7) is 1.17. The van der Waals surface area contributed by atoms with E-state index in [1.54, 1.807) is 58.3 Å². The van der Waals surface area contributed by atoms with Crippen LogP contribution >= 0.6 is 11.6 Å². The highest BCUT2D eigenvalue weighted by molar-refractivity contribution is 6.31. The number of carbonyl (C=O) groups excluding carboxylic acids is 3. The first kappa shape index (κ1) is 18.5. The molecule has 0 aromatic heterocycles. The molecule has 2 saturated heterocycles. The first-order valence-corrected chi connectivity index (χ1v) is 9.66. The summed E-state index contributed by atoms with van der Waals surface area (Å²) in [5.41, 5.74) is 1.15. The summed E-state index contributed by atoms with van der Waals surface area (Å²) in [5, 5.41) is 0.530. The Kier molecular flexibility index (Phi) is 5.05. The van der Waals surface area contributed by atoms with Gasteiger partial charge in [0.25, 0.3) is 11.8 Å². The van der Waals surface area contributed by atoms with Crippen LogP contribution in [0.25, 0.3) is 0 Å². The van der Waals surface area contributed by atoms with Crippen molar-refractivity contribution in [3.05, 3.63) is 65.2 Å². The molecule has 2 aromatic rings. The maximum atomic E-state index is 12.8. The maximum Gasteiger partial charge on any atom is 0.332 e. The molecule has 2 aliphatic rings. The fraction of sp³-hybridized carbons (Fsp3) is 0.286. The van der Waals surface area contributed by atoms with E-state index < -0.39 is 0 Å². The molecule has 4 amide bonds. The van der Waals surface area contributed by atoms with Gasteiger partial charge in [-0.05, 0) is 43.2 Å². The van der Waals surface area contributed by atoms with Crippen LogP contribution in [0, 0.1) is 0 Å². The van der Waals surface area contributed by atoms with Crippen LogP contribution < -0.4 is 4.90 Å². The summed E-state index contributed by atoms with van der Waals surface area (Å²) < 4.78 is 0. The third kappa shape index (κ3) is 3.47. The van der Waals surface area contributed by atoms with Gasteiger partial charge in [-0.25, -0.2) is 9.69 Å². The molecule has 0 bridgehead atoms. The molecular weight excluding hydrogens is 378 g/mol. The summed E-state index contributed by atoms with van der Waals surface area (Å²) >= 11 is 5.98. The Morgan fingerprint density at radius 1 is 0.964 bits per heavy atom. The second kappa shape index (κ2) is 7.64. The van der Waals surface area contributed by atoms with Crippen molar-refractivity contribution in [2.75, 3.05) is 24.5 Å². The largest absolute Gasteiger partial charge is 0.338 e. The number of urea groups is 1. The molecule has 144 valence electrons. The number of carbonyl (C=O) groups is 3. The van der Waals surface area contributed by atoms with Crippen LogP contribution in [0.2, 0.25) is 5.02 Å². The van der Waals surface area contributed by atoms with Crippen molar-refractivity contribution in [1.82, 2.24) is 9.80 Å². The van der Waals surface area contributed by atoms with E-state index in [2.05, 4.69) is 0 Å². The number of hydrogen-bond acceptors (Lipinski definition) is 3. The molecule has 6 nitrogen and oxygen atoms in total. The number of hydrogen-bond donors (Lipinski definition) is 0. The highest BCUT2D eigenvalue weighted by Gasteiger charge is 2.41. The van der Waals surface area contributed by atoms with Crippen LogP contribution in [-0.4, -0.2) is 53.3 Å². The molecular formula is C21H20ClN3O3.